The first-order valence-electron chi connectivity index (χ1n) is 7.93. The molecule has 1 amide bonds. The van der Waals surface area contributed by atoms with Gasteiger partial charge >= 0.3 is 0 Å². The van der Waals surface area contributed by atoms with Crippen molar-refractivity contribution in [2.24, 2.45) is 0 Å². The van der Waals surface area contributed by atoms with Crippen LogP contribution in [0, 0.1) is 6.92 Å². The van der Waals surface area contributed by atoms with Crippen LogP contribution in [-0.4, -0.2) is 18.6 Å². The molecule has 1 unspecified atom stereocenters. The minimum Gasteiger partial charge on any atom is -0.491 e. The number of nitrogens with one attached hydrogen (secondary N) is 1. The lowest BCUT2D eigenvalue weighted by atomic mass is 10.2. The van der Waals surface area contributed by atoms with Crippen LogP contribution in [0.3, 0.4) is 0 Å². The lowest BCUT2D eigenvalue weighted by Crippen LogP contribution is -2.20. The summed E-state index contributed by atoms with van der Waals surface area (Å²) >= 11 is 5.96. The summed E-state index contributed by atoms with van der Waals surface area (Å²) in [6.45, 7) is 5.91. The molecule has 0 bridgehead atoms. The van der Waals surface area contributed by atoms with Crippen LogP contribution in [0.1, 0.15) is 25.8 Å². The second-order valence-electron chi connectivity index (χ2n) is 5.61. The fourth-order valence-electron chi connectivity index (χ4n) is 1.99. The van der Waals surface area contributed by atoms with Crippen LogP contribution >= 0.6 is 11.6 Å². The molecule has 0 aliphatic rings. The number of amides is 1. The van der Waals surface area contributed by atoms with Crippen molar-refractivity contribution in [3.8, 4) is 11.5 Å². The lowest BCUT2D eigenvalue weighted by molar-refractivity contribution is -0.118. The van der Waals surface area contributed by atoms with Crippen LogP contribution in [0.25, 0.3) is 0 Å². The standard InChI is InChI=1S/C19H22ClNO3/c1-4-14(3)24-16-7-5-15(6-8-16)21-19(22)12-23-17-9-10-18(20)13(2)11-17/h5-11,14H,4,12H2,1-3H3,(H,21,22). The van der Waals surface area contributed by atoms with Gasteiger partial charge in [-0.15, -0.1) is 0 Å². The van der Waals surface area contributed by atoms with Crippen LogP contribution < -0.4 is 14.8 Å². The van der Waals surface area contributed by atoms with E-state index in [1.165, 1.54) is 0 Å². The number of rotatable bonds is 7. The molecule has 0 heterocycles. The topological polar surface area (TPSA) is 47.6 Å². The van der Waals surface area contributed by atoms with Crippen molar-refractivity contribution in [3.63, 3.8) is 0 Å². The molecule has 0 saturated carbocycles. The highest BCUT2D eigenvalue weighted by Gasteiger charge is 2.06. The van der Waals surface area contributed by atoms with Gasteiger partial charge in [-0.05, 0) is 68.3 Å². The summed E-state index contributed by atoms with van der Waals surface area (Å²) in [6.07, 6.45) is 1.11. The predicted molar refractivity (Wildman–Crippen MR) is 97.1 cm³/mol. The van der Waals surface area contributed by atoms with Gasteiger partial charge in [0.05, 0.1) is 6.10 Å². The normalized spacial score (nSPS) is 11.7. The third-order valence-corrected chi connectivity index (χ3v) is 3.97. The van der Waals surface area contributed by atoms with Crippen molar-refractivity contribution < 1.29 is 14.3 Å². The van der Waals surface area contributed by atoms with Gasteiger partial charge < -0.3 is 14.8 Å². The summed E-state index contributed by atoms with van der Waals surface area (Å²) in [5, 5.41) is 3.46. The maximum Gasteiger partial charge on any atom is 0.262 e. The Labute approximate surface area is 147 Å². The Kier molecular flexibility index (Phi) is 6.50. The number of hydrogen-bond acceptors (Lipinski definition) is 3. The highest BCUT2D eigenvalue weighted by Crippen LogP contribution is 2.21. The fourth-order valence-corrected chi connectivity index (χ4v) is 2.10. The summed E-state index contributed by atoms with van der Waals surface area (Å²) in [4.78, 5) is 12.0. The molecule has 1 atom stereocenters. The number of carbonyl (C=O) groups excluding carboxylic acids is 1. The highest BCUT2D eigenvalue weighted by molar-refractivity contribution is 6.31. The third-order valence-electron chi connectivity index (χ3n) is 3.55. The van der Waals surface area contributed by atoms with Crippen LogP contribution in [-0.2, 0) is 4.79 Å². The van der Waals surface area contributed by atoms with Crippen LogP contribution in [0.2, 0.25) is 5.02 Å². The van der Waals surface area contributed by atoms with Gasteiger partial charge in [0.15, 0.2) is 6.61 Å². The predicted octanol–water partition coefficient (Wildman–Crippen LogP) is 4.84. The van der Waals surface area contributed by atoms with Gasteiger partial charge in [-0.1, -0.05) is 18.5 Å². The quantitative estimate of drug-likeness (QED) is 0.779. The second-order valence-corrected chi connectivity index (χ2v) is 6.02. The maximum absolute atomic E-state index is 12.0. The SMILES string of the molecule is CCC(C)Oc1ccc(NC(=O)COc2ccc(Cl)c(C)c2)cc1. The molecule has 0 radical (unpaired) electrons. The van der Waals surface area contributed by atoms with Crippen molar-refractivity contribution in [1.82, 2.24) is 0 Å². The number of carbonyl (C=O) groups is 1. The first kappa shape index (κ1) is 18.1. The van der Waals surface area contributed by atoms with Crippen molar-refractivity contribution in [3.05, 3.63) is 53.1 Å². The summed E-state index contributed by atoms with van der Waals surface area (Å²) in [7, 11) is 0. The molecule has 0 aliphatic heterocycles. The number of benzene rings is 2. The molecule has 1 N–H and O–H groups in total. The zero-order valence-electron chi connectivity index (χ0n) is 14.1. The van der Waals surface area contributed by atoms with E-state index in [0.717, 1.165) is 17.7 Å². The molecule has 2 aromatic carbocycles. The molecule has 0 aromatic heterocycles. The van der Waals surface area contributed by atoms with Gasteiger partial charge in [-0.3, -0.25) is 4.79 Å². The first-order valence-corrected chi connectivity index (χ1v) is 8.31. The molecule has 0 saturated heterocycles. The molecule has 0 spiro atoms. The smallest absolute Gasteiger partial charge is 0.262 e. The molecule has 128 valence electrons. The molecule has 0 fully saturated rings. The highest BCUT2D eigenvalue weighted by atomic mass is 35.5. The van der Waals surface area contributed by atoms with E-state index in [9.17, 15) is 4.79 Å². The minimum absolute atomic E-state index is 0.0633. The Hall–Kier alpha value is -2.20. The fraction of sp³-hybridized carbons (Fsp3) is 0.316. The van der Waals surface area contributed by atoms with Gasteiger partial charge in [0.1, 0.15) is 11.5 Å². The lowest BCUT2D eigenvalue weighted by Gasteiger charge is -2.13. The first-order chi connectivity index (χ1) is 11.5. The number of aryl methyl sites for hydroxylation is 1. The Morgan fingerprint density at radius 3 is 2.46 bits per heavy atom. The van der Waals surface area contributed by atoms with E-state index >= 15 is 0 Å². The summed E-state index contributed by atoms with van der Waals surface area (Å²) in [6, 6.07) is 12.6. The summed E-state index contributed by atoms with van der Waals surface area (Å²) in [5.74, 6) is 1.18. The number of anilines is 1. The molecule has 0 aliphatic carbocycles. The molecular formula is C19H22ClNO3. The van der Waals surface area contributed by atoms with Crippen molar-refractivity contribution in [2.75, 3.05) is 11.9 Å². The van der Waals surface area contributed by atoms with Gasteiger partial charge in [0.25, 0.3) is 5.91 Å². The molecule has 5 heteroatoms. The van der Waals surface area contributed by atoms with E-state index < -0.39 is 0 Å². The van der Waals surface area contributed by atoms with E-state index in [1.54, 1.807) is 18.2 Å². The van der Waals surface area contributed by atoms with E-state index in [1.807, 2.05) is 38.1 Å². The molecular weight excluding hydrogens is 326 g/mol. The largest absolute Gasteiger partial charge is 0.491 e. The van der Waals surface area contributed by atoms with Gasteiger partial charge in [-0.2, -0.15) is 0 Å². The van der Waals surface area contributed by atoms with E-state index in [2.05, 4.69) is 12.2 Å². The second kappa shape index (κ2) is 8.60. The average Bonchev–Trinajstić information content (AvgIpc) is 2.57. The molecule has 24 heavy (non-hydrogen) atoms. The van der Waals surface area contributed by atoms with E-state index in [0.29, 0.717) is 16.5 Å². The Morgan fingerprint density at radius 1 is 1.17 bits per heavy atom. The van der Waals surface area contributed by atoms with Crippen molar-refractivity contribution in [1.29, 1.82) is 0 Å². The summed E-state index contributed by atoms with van der Waals surface area (Å²) in [5.41, 5.74) is 1.61. The zero-order chi connectivity index (χ0) is 17.5. The minimum atomic E-state index is -0.224. The van der Waals surface area contributed by atoms with Gasteiger partial charge in [-0.25, -0.2) is 0 Å². The van der Waals surface area contributed by atoms with Crippen LogP contribution in [0.5, 0.6) is 11.5 Å². The Balaban J connectivity index is 1.84. The van der Waals surface area contributed by atoms with Crippen LogP contribution in [0.15, 0.2) is 42.5 Å². The molecule has 2 rings (SSSR count). The number of hydrogen-bond donors (Lipinski definition) is 1. The van der Waals surface area contributed by atoms with Gasteiger partial charge in [0.2, 0.25) is 0 Å². The van der Waals surface area contributed by atoms with E-state index in [4.69, 9.17) is 21.1 Å². The Bertz CT molecular complexity index is 686. The molecule has 2 aromatic rings. The zero-order valence-corrected chi connectivity index (χ0v) is 14.9. The number of ether oxygens (including phenoxy) is 2. The monoisotopic (exact) mass is 347 g/mol. The van der Waals surface area contributed by atoms with Crippen LogP contribution in [0.4, 0.5) is 5.69 Å². The summed E-state index contributed by atoms with van der Waals surface area (Å²) < 4.78 is 11.2. The van der Waals surface area contributed by atoms with Crippen molar-refractivity contribution >= 4 is 23.2 Å². The number of halogens is 1. The van der Waals surface area contributed by atoms with E-state index in [-0.39, 0.29) is 18.6 Å². The average molecular weight is 348 g/mol. The van der Waals surface area contributed by atoms with Gasteiger partial charge in [0, 0.05) is 10.7 Å². The maximum atomic E-state index is 12.0. The molecule has 4 nitrogen and oxygen atoms in total. The third kappa shape index (κ3) is 5.46. The Morgan fingerprint density at radius 2 is 1.83 bits per heavy atom. The van der Waals surface area contributed by atoms with Crippen molar-refractivity contribution in [2.45, 2.75) is 33.3 Å².